The first-order valence-corrected chi connectivity index (χ1v) is 14.3. The number of aromatic nitrogens is 4. The van der Waals surface area contributed by atoms with Gasteiger partial charge in [-0.15, -0.1) is 0 Å². The first-order valence-electron chi connectivity index (χ1n) is 14.3. The van der Waals surface area contributed by atoms with Crippen LogP contribution in [0.4, 0.5) is 5.82 Å². The van der Waals surface area contributed by atoms with Crippen molar-refractivity contribution in [3.8, 4) is 34.1 Å². The van der Waals surface area contributed by atoms with Gasteiger partial charge in [-0.3, -0.25) is 14.2 Å². The normalized spacial score (nSPS) is 13.5. The molecule has 216 valence electrons. The molecule has 0 radical (unpaired) electrons. The maximum Gasteiger partial charge on any atom is 0.225 e. The van der Waals surface area contributed by atoms with Crippen LogP contribution in [0.2, 0.25) is 0 Å². The number of amides is 1. The molecule has 0 atom stereocenters. The van der Waals surface area contributed by atoms with Crippen molar-refractivity contribution in [2.45, 2.75) is 24.8 Å². The summed E-state index contributed by atoms with van der Waals surface area (Å²) in [5.74, 6) is 0.774. The van der Waals surface area contributed by atoms with Gasteiger partial charge in [0.25, 0.3) is 0 Å². The molecule has 0 saturated heterocycles. The van der Waals surface area contributed by atoms with Gasteiger partial charge in [0, 0.05) is 17.4 Å². The van der Waals surface area contributed by atoms with Crippen LogP contribution in [0, 0.1) is 0 Å². The first-order chi connectivity index (χ1) is 21.4. The van der Waals surface area contributed by atoms with E-state index in [-0.39, 0.29) is 23.6 Å². The van der Waals surface area contributed by atoms with Gasteiger partial charge in [0.1, 0.15) is 17.1 Å². The molecule has 3 aromatic heterocycles. The Morgan fingerprint density at radius 1 is 0.955 bits per heavy atom. The van der Waals surface area contributed by atoms with Crippen LogP contribution in [-0.2, 0) is 16.8 Å². The molecule has 9 heteroatoms. The van der Waals surface area contributed by atoms with Gasteiger partial charge in [0.2, 0.25) is 5.91 Å². The topological polar surface area (TPSA) is 136 Å². The average Bonchev–Trinajstić information content (AvgIpc) is 3.73. The third-order valence-electron chi connectivity index (χ3n) is 8.05. The quantitative estimate of drug-likeness (QED) is 0.200. The lowest BCUT2D eigenvalue weighted by atomic mass is 10.0. The van der Waals surface area contributed by atoms with Crippen LogP contribution in [0.15, 0.2) is 103 Å². The van der Waals surface area contributed by atoms with E-state index >= 15 is 0 Å². The second-order valence-electron chi connectivity index (χ2n) is 11.0. The zero-order valence-electron chi connectivity index (χ0n) is 23.6. The third-order valence-corrected chi connectivity index (χ3v) is 8.05. The van der Waals surface area contributed by atoms with Gasteiger partial charge in [-0.25, -0.2) is 15.0 Å². The summed E-state index contributed by atoms with van der Waals surface area (Å²) in [4.78, 5) is 38.4. The number of fused-ring (bicyclic) bond motifs is 1. The molecule has 1 fully saturated rings. The van der Waals surface area contributed by atoms with E-state index in [0.717, 1.165) is 40.9 Å². The SMILES string of the molecule is Nc1ncccc1-c1nc2ccc(-c3ccccc3)nc2n1-c1ccc(CC(=O)NC2(c3ccc(C=O)c(O)c3)CC2)cc1. The molecule has 9 nitrogen and oxygen atoms in total. The molecule has 0 bridgehead atoms. The van der Waals surface area contributed by atoms with E-state index in [2.05, 4.69) is 10.3 Å². The van der Waals surface area contributed by atoms with Crippen LogP contribution in [0.5, 0.6) is 5.75 Å². The molecule has 1 saturated carbocycles. The van der Waals surface area contributed by atoms with Gasteiger partial charge >= 0.3 is 0 Å². The molecule has 7 rings (SSSR count). The number of carbonyl (C=O) groups excluding carboxylic acids is 2. The lowest BCUT2D eigenvalue weighted by molar-refractivity contribution is -0.121. The summed E-state index contributed by atoms with van der Waals surface area (Å²) in [6.45, 7) is 0. The largest absolute Gasteiger partial charge is 0.507 e. The minimum absolute atomic E-state index is 0.0848. The predicted molar refractivity (Wildman–Crippen MR) is 168 cm³/mol. The van der Waals surface area contributed by atoms with Gasteiger partial charge in [0.05, 0.1) is 28.8 Å². The van der Waals surface area contributed by atoms with Crippen LogP contribution in [0.1, 0.15) is 34.3 Å². The number of phenolic OH excluding ortho intramolecular Hbond substituents is 1. The maximum atomic E-state index is 13.1. The van der Waals surface area contributed by atoms with Gasteiger partial charge in [-0.1, -0.05) is 48.5 Å². The monoisotopic (exact) mass is 580 g/mol. The van der Waals surface area contributed by atoms with Crippen molar-refractivity contribution in [1.82, 2.24) is 24.8 Å². The highest BCUT2D eigenvalue weighted by Gasteiger charge is 2.45. The second-order valence-corrected chi connectivity index (χ2v) is 11.0. The first kappa shape index (κ1) is 27.0. The van der Waals surface area contributed by atoms with Crippen molar-refractivity contribution in [2.75, 3.05) is 5.73 Å². The molecule has 0 unspecified atom stereocenters. The molecule has 3 heterocycles. The summed E-state index contributed by atoms with van der Waals surface area (Å²) in [6.07, 6.45) is 3.98. The third kappa shape index (κ3) is 4.94. The van der Waals surface area contributed by atoms with E-state index in [9.17, 15) is 14.7 Å². The molecule has 0 spiro atoms. The van der Waals surface area contributed by atoms with Crippen LogP contribution >= 0.6 is 0 Å². The van der Waals surface area contributed by atoms with Crippen LogP contribution in [0.3, 0.4) is 0 Å². The lowest BCUT2D eigenvalue weighted by Crippen LogP contribution is -2.35. The molecule has 0 aliphatic heterocycles. The molecule has 3 aromatic carbocycles. The molecule has 4 N–H and O–H groups in total. The second kappa shape index (κ2) is 10.8. The summed E-state index contributed by atoms with van der Waals surface area (Å²) < 4.78 is 1.97. The fourth-order valence-electron chi connectivity index (χ4n) is 5.57. The van der Waals surface area contributed by atoms with Crippen molar-refractivity contribution in [1.29, 1.82) is 0 Å². The Morgan fingerprint density at radius 2 is 1.75 bits per heavy atom. The van der Waals surface area contributed by atoms with Gasteiger partial charge < -0.3 is 16.2 Å². The Labute approximate surface area is 253 Å². The van der Waals surface area contributed by atoms with Crippen molar-refractivity contribution in [3.05, 3.63) is 120 Å². The number of phenols is 1. The fraction of sp³-hybridized carbons (Fsp3) is 0.114. The number of hydrogen-bond donors (Lipinski definition) is 3. The predicted octanol–water partition coefficient (Wildman–Crippen LogP) is 5.60. The van der Waals surface area contributed by atoms with E-state index < -0.39 is 5.54 Å². The summed E-state index contributed by atoms with van der Waals surface area (Å²) in [7, 11) is 0. The maximum absolute atomic E-state index is 13.1. The number of nitrogens with one attached hydrogen (secondary N) is 1. The lowest BCUT2D eigenvalue weighted by Gasteiger charge is -2.19. The molecule has 1 aliphatic carbocycles. The molecule has 6 aromatic rings. The van der Waals surface area contributed by atoms with Crippen molar-refractivity contribution >= 4 is 29.2 Å². The molecule has 44 heavy (non-hydrogen) atoms. The molecule has 1 aliphatic rings. The number of nitrogen functional groups attached to an aromatic ring is 1. The summed E-state index contributed by atoms with van der Waals surface area (Å²) in [6, 6.07) is 30.2. The summed E-state index contributed by atoms with van der Waals surface area (Å²) in [5, 5.41) is 13.3. The van der Waals surface area contributed by atoms with Crippen molar-refractivity contribution in [3.63, 3.8) is 0 Å². The zero-order valence-corrected chi connectivity index (χ0v) is 23.6. The van der Waals surface area contributed by atoms with E-state index in [0.29, 0.717) is 34.7 Å². The van der Waals surface area contributed by atoms with Crippen LogP contribution < -0.4 is 11.1 Å². The van der Waals surface area contributed by atoms with Crippen LogP contribution in [0.25, 0.3) is 39.5 Å². The fourth-order valence-corrected chi connectivity index (χ4v) is 5.57. The number of nitrogens with two attached hydrogens (primary N) is 1. The molecular formula is C35H28N6O3. The minimum atomic E-state index is -0.522. The Balaban J connectivity index is 1.20. The number of aldehydes is 1. The Bertz CT molecular complexity index is 2030. The summed E-state index contributed by atoms with van der Waals surface area (Å²) >= 11 is 0. The van der Waals surface area contributed by atoms with Gasteiger partial charge in [-0.2, -0.15) is 0 Å². The summed E-state index contributed by atoms with van der Waals surface area (Å²) in [5.41, 5.74) is 12.3. The van der Waals surface area contributed by atoms with Gasteiger partial charge in [0.15, 0.2) is 17.8 Å². The molecular weight excluding hydrogens is 552 g/mol. The van der Waals surface area contributed by atoms with Gasteiger partial charge in [-0.05, 0) is 72.5 Å². The Kier molecular flexibility index (Phi) is 6.62. The minimum Gasteiger partial charge on any atom is -0.507 e. The number of aromatic hydroxyl groups is 1. The number of pyridine rings is 2. The van der Waals surface area contributed by atoms with Crippen molar-refractivity contribution < 1.29 is 14.7 Å². The number of imidazole rings is 1. The number of nitrogens with zero attached hydrogens (tertiary/aromatic N) is 4. The number of hydrogen-bond acceptors (Lipinski definition) is 7. The average molecular weight is 581 g/mol. The van der Waals surface area contributed by atoms with E-state index in [4.69, 9.17) is 15.7 Å². The van der Waals surface area contributed by atoms with Crippen molar-refractivity contribution in [2.24, 2.45) is 0 Å². The number of carbonyl (C=O) groups is 2. The van der Waals surface area contributed by atoms with E-state index in [1.54, 1.807) is 24.4 Å². The standard InChI is InChI=1S/C35H28N6O3/c36-32-27(7-4-18-37-32)33-39-29-15-14-28(23-5-2-1-3-6-23)38-34(29)41(33)26-12-8-22(9-13-26)19-31(44)40-35(16-17-35)25-11-10-24(21-42)30(43)20-25/h1-15,18,20-21,43H,16-17,19H2,(H2,36,37)(H,40,44). The zero-order chi connectivity index (χ0) is 30.3. The highest BCUT2D eigenvalue weighted by molar-refractivity contribution is 5.85. The highest BCUT2D eigenvalue weighted by atomic mass is 16.3. The Hall–Kier alpha value is -5.83. The molecule has 1 amide bonds. The number of anilines is 1. The Morgan fingerprint density at radius 3 is 2.45 bits per heavy atom. The number of benzene rings is 3. The highest BCUT2D eigenvalue weighted by Crippen LogP contribution is 2.46. The number of rotatable bonds is 8. The van der Waals surface area contributed by atoms with E-state index in [1.165, 1.54) is 0 Å². The van der Waals surface area contributed by atoms with Crippen LogP contribution in [-0.4, -0.2) is 36.8 Å². The van der Waals surface area contributed by atoms with E-state index in [1.807, 2.05) is 83.4 Å². The smallest absolute Gasteiger partial charge is 0.225 e.